The molecule has 1 aliphatic carbocycles. The standard InChI is InChI=1S/C14H27N3S/c1-17-9-5-6-12(11-17)10-15-14(18)16-13-7-3-2-4-8-13/h12-13H,2-11H2,1H3,(H2,15,16,18)/t12-/m0/s1. The van der Waals surface area contributed by atoms with E-state index in [1.807, 2.05) is 0 Å². The van der Waals surface area contributed by atoms with Gasteiger partial charge in [0, 0.05) is 19.1 Å². The van der Waals surface area contributed by atoms with Gasteiger partial charge >= 0.3 is 0 Å². The van der Waals surface area contributed by atoms with Gasteiger partial charge in [0.05, 0.1) is 0 Å². The molecule has 0 radical (unpaired) electrons. The van der Waals surface area contributed by atoms with Crippen molar-refractivity contribution in [2.45, 2.75) is 51.0 Å². The van der Waals surface area contributed by atoms with Gasteiger partial charge in [-0.1, -0.05) is 19.3 Å². The van der Waals surface area contributed by atoms with Gasteiger partial charge in [0.25, 0.3) is 0 Å². The summed E-state index contributed by atoms with van der Waals surface area (Å²) in [6.45, 7) is 3.49. The Bertz CT molecular complexity index is 264. The quantitative estimate of drug-likeness (QED) is 0.768. The Morgan fingerprint density at radius 3 is 2.67 bits per heavy atom. The zero-order chi connectivity index (χ0) is 12.8. The van der Waals surface area contributed by atoms with Gasteiger partial charge in [0.15, 0.2) is 5.11 Å². The molecule has 2 N–H and O–H groups in total. The Morgan fingerprint density at radius 2 is 1.94 bits per heavy atom. The van der Waals surface area contributed by atoms with Crippen molar-refractivity contribution in [1.29, 1.82) is 0 Å². The normalized spacial score (nSPS) is 26.8. The molecule has 0 bridgehead atoms. The van der Waals surface area contributed by atoms with Crippen molar-refractivity contribution >= 4 is 17.3 Å². The minimum absolute atomic E-state index is 0.618. The fourth-order valence-corrected chi connectivity index (χ4v) is 3.41. The van der Waals surface area contributed by atoms with E-state index in [1.165, 1.54) is 58.0 Å². The molecule has 3 nitrogen and oxygen atoms in total. The lowest BCUT2D eigenvalue weighted by atomic mass is 9.96. The summed E-state index contributed by atoms with van der Waals surface area (Å²) in [7, 11) is 2.21. The highest BCUT2D eigenvalue weighted by molar-refractivity contribution is 7.80. The molecule has 0 aromatic heterocycles. The third kappa shape index (κ3) is 4.73. The molecule has 18 heavy (non-hydrogen) atoms. The molecule has 0 spiro atoms. The maximum atomic E-state index is 5.40. The van der Waals surface area contributed by atoms with Gasteiger partial charge in [-0.05, 0) is 57.4 Å². The average molecular weight is 269 g/mol. The van der Waals surface area contributed by atoms with Crippen molar-refractivity contribution < 1.29 is 0 Å². The SMILES string of the molecule is CN1CCC[C@@H](CNC(=S)NC2CCCCC2)C1. The Balaban J connectivity index is 1.61. The lowest BCUT2D eigenvalue weighted by Gasteiger charge is -2.30. The molecule has 1 aliphatic heterocycles. The Labute approximate surface area is 117 Å². The molecule has 2 fully saturated rings. The summed E-state index contributed by atoms with van der Waals surface area (Å²) in [5.41, 5.74) is 0. The van der Waals surface area contributed by atoms with Crippen LogP contribution in [0.25, 0.3) is 0 Å². The summed E-state index contributed by atoms with van der Waals surface area (Å²) < 4.78 is 0. The third-order valence-corrected chi connectivity index (χ3v) is 4.48. The number of nitrogens with zero attached hydrogens (tertiary/aromatic N) is 1. The van der Waals surface area contributed by atoms with E-state index in [1.54, 1.807) is 0 Å². The van der Waals surface area contributed by atoms with Crippen molar-refractivity contribution in [2.75, 3.05) is 26.7 Å². The zero-order valence-corrected chi connectivity index (χ0v) is 12.4. The maximum absolute atomic E-state index is 5.40. The second-order valence-electron chi connectivity index (χ2n) is 5.96. The predicted molar refractivity (Wildman–Crippen MR) is 80.8 cm³/mol. The molecular weight excluding hydrogens is 242 g/mol. The summed E-state index contributed by atoms with van der Waals surface area (Å²) in [4.78, 5) is 2.42. The molecule has 0 unspecified atom stereocenters. The second kappa shape index (κ2) is 7.29. The topological polar surface area (TPSA) is 27.3 Å². The smallest absolute Gasteiger partial charge is 0.166 e. The van der Waals surface area contributed by atoms with Crippen LogP contribution in [-0.4, -0.2) is 42.7 Å². The second-order valence-corrected chi connectivity index (χ2v) is 6.37. The number of thiocarbonyl (C=S) groups is 1. The highest BCUT2D eigenvalue weighted by Gasteiger charge is 2.18. The molecule has 0 aromatic carbocycles. The first-order valence-corrected chi connectivity index (χ1v) is 7.88. The molecule has 1 heterocycles. The minimum Gasteiger partial charge on any atom is -0.362 e. The van der Waals surface area contributed by atoms with E-state index in [4.69, 9.17) is 12.2 Å². The first-order valence-electron chi connectivity index (χ1n) is 7.47. The van der Waals surface area contributed by atoms with Crippen molar-refractivity contribution in [3.8, 4) is 0 Å². The van der Waals surface area contributed by atoms with Crippen LogP contribution >= 0.6 is 12.2 Å². The van der Waals surface area contributed by atoms with Crippen LogP contribution in [0.5, 0.6) is 0 Å². The van der Waals surface area contributed by atoms with Gasteiger partial charge in [0.2, 0.25) is 0 Å². The largest absolute Gasteiger partial charge is 0.362 e. The van der Waals surface area contributed by atoms with E-state index in [0.717, 1.165) is 17.6 Å². The molecule has 0 aromatic rings. The van der Waals surface area contributed by atoms with Crippen molar-refractivity contribution in [2.24, 2.45) is 5.92 Å². The number of hydrogen-bond donors (Lipinski definition) is 2. The van der Waals surface area contributed by atoms with E-state index in [2.05, 4.69) is 22.6 Å². The van der Waals surface area contributed by atoms with Crippen molar-refractivity contribution in [3.05, 3.63) is 0 Å². The molecule has 2 aliphatic rings. The van der Waals surface area contributed by atoms with Gasteiger partial charge in [0.1, 0.15) is 0 Å². The summed E-state index contributed by atoms with van der Waals surface area (Å²) >= 11 is 5.40. The van der Waals surface area contributed by atoms with Crippen LogP contribution in [0.1, 0.15) is 44.9 Å². The fraction of sp³-hybridized carbons (Fsp3) is 0.929. The number of nitrogens with one attached hydrogen (secondary N) is 2. The Morgan fingerprint density at radius 1 is 1.17 bits per heavy atom. The molecule has 104 valence electrons. The average Bonchev–Trinajstić information content (AvgIpc) is 2.38. The van der Waals surface area contributed by atoms with E-state index in [9.17, 15) is 0 Å². The number of piperidine rings is 1. The van der Waals surface area contributed by atoms with Crippen molar-refractivity contribution in [1.82, 2.24) is 15.5 Å². The monoisotopic (exact) mass is 269 g/mol. The van der Waals surface area contributed by atoms with E-state index in [-0.39, 0.29) is 0 Å². The lowest BCUT2D eigenvalue weighted by molar-refractivity contribution is 0.210. The maximum Gasteiger partial charge on any atom is 0.166 e. The lowest BCUT2D eigenvalue weighted by Crippen LogP contribution is -2.46. The van der Waals surface area contributed by atoms with Crippen LogP contribution in [0.4, 0.5) is 0 Å². The van der Waals surface area contributed by atoms with Crippen LogP contribution in [0, 0.1) is 5.92 Å². The first kappa shape index (κ1) is 14.1. The molecule has 0 amide bonds. The van der Waals surface area contributed by atoms with Crippen LogP contribution in [-0.2, 0) is 0 Å². The van der Waals surface area contributed by atoms with Gasteiger partial charge in [-0.2, -0.15) is 0 Å². The Hall–Kier alpha value is -0.350. The van der Waals surface area contributed by atoms with Crippen LogP contribution in [0.2, 0.25) is 0 Å². The fourth-order valence-electron chi connectivity index (χ4n) is 3.16. The zero-order valence-electron chi connectivity index (χ0n) is 11.6. The highest BCUT2D eigenvalue weighted by Crippen LogP contribution is 2.17. The van der Waals surface area contributed by atoms with Crippen LogP contribution < -0.4 is 10.6 Å². The van der Waals surface area contributed by atoms with Crippen LogP contribution in [0.3, 0.4) is 0 Å². The molecular formula is C14H27N3S. The summed E-state index contributed by atoms with van der Waals surface area (Å²) in [5.74, 6) is 0.759. The van der Waals surface area contributed by atoms with Gasteiger partial charge in [-0.15, -0.1) is 0 Å². The summed E-state index contributed by atoms with van der Waals surface area (Å²) in [6.07, 6.45) is 9.34. The molecule has 1 saturated carbocycles. The Kier molecular flexibility index (Phi) is 5.70. The molecule has 4 heteroatoms. The van der Waals surface area contributed by atoms with E-state index < -0.39 is 0 Å². The van der Waals surface area contributed by atoms with E-state index in [0.29, 0.717) is 6.04 Å². The number of hydrogen-bond acceptors (Lipinski definition) is 2. The summed E-state index contributed by atoms with van der Waals surface area (Å²) in [5, 5.41) is 7.76. The highest BCUT2D eigenvalue weighted by atomic mass is 32.1. The minimum atomic E-state index is 0.618. The number of likely N-dealkylation sites (tertiary alicyclic amines) is 1. The first-order chi connectivity index (χ1) is 8.74. The van der Waals surface area contributed by atoms with Gasteiger partial charge in [-0.3, -0.25) is 0 Å². The molecule has 2 rings (SSSR count). The van der Waals surface area contributed by atoms with Gasteiger partial charge in [-0.25, -0.2) is 0 Å². The van der Waals surface area contributed by atoms with Crippen molar-refractivity contribution in [3.63, 3.8) is 0 Å². The van der Waals surface area contributed by atoms with E-state index >= 15 is 0 Å². The predicted octanol–water partition coefficient (Wildman–Crippen LogP) is 2.12. The van der Waals surface area contributed by atoms with Crippen LogP contribution in [0.15, 0.2) is 0 Å². The third-order valence-electron chi connectivity index (χ3n) is 4.21. The van der Waals surface area contributed by atoms with Gasteiger partial charge < -0.3 is 15.5 Å². The summed E-state index contributed by atoms with van der Waals surface area (Å²) in [6, 6.07) is 0.618. The number of rotatable bonds is 3. The molecule has 1 saturated heterocycles. The molecule has 1 atom stereocenters.